The number of ether oxygens (including phenoxy) is 1. The van der Waals surface area contributed by atoms with E-state index in [9.17, 15) is 13.2 Å². The van der Waals surface area contributed by atoms with E-state index in [0.717, 1.165) is 38.2 Å². The van der Waals surface area contributed by atoms with E-state index in [1.165, 1.54) is 12.1 Å². The molecule has 1 spiro atoms. The second-order valence-corrected chi connectivity index (χ2v) is 6.34. The van der Waals surface area contributed by atoms with Crippen molar-refractivity contribution in [2.45, 2.75) is 49.9 Å². The van der Waals surface area contributed by atoms with Crippen LogP contribution in [0.15, 0.2) is 18.2 Å². The van der Waals surface area contributed by atoms with E-state index in [2.05, 4.69) is 5.32 Å². The molecule has 0 aromatic heterocycles. The van der Waals surface area contributed by atoms with Crippen LogP contribution in [0.5, 0.6) is 0 Å². The number of halogens is 4. The van der Waals surface area contributed by atoms with Gasteiger partial charge in [-0.3, -0.25) is 0 Å². The fraction of sp³-hybridized carbons (Fsp3) is 0.600. The van der Waals surface area contributed by atoms with Crippen molar-refractivity contribution in [1.82, 2.24) is 0 Å². The number of hydrogen-bond donors (Lipinski definition) is 1. The van der Waals surface area contributed by atoms with Gasteiger partial charge in [-0.15, -0.1) is 0 Å². The molecule has 21 heavy (non-hydrogen) atoms. The largest absolute Gasteiger partial charge is 0.418 e. The summed E-state index contributed by atoms with van der Waals surface area (Å²) in [4.78, 5) is 0. The highest BCUT2D eigenvalue weighted by Crippen LogP contribution is 2.44. The lowest BCUT2D eigenvalue weighted by Gasteiger charge is -2.47. The molecule has 1 aromatic rings. The second-order valence-electron chi connectivity index (χ2n) is 5.91. The monoisotopic (exact) mass is 319 g/mol. The minimum Gasteiger partial charge on any atom is -0.382 e. The van der Waals surface area contributed by atoms with Crippen LogP contribution in [0.4, 0.5) is 18.9 Å². The lowest BCUT2D eigenvalue weighted by atomic mass is 9.74. The van der Waals surface area contributed by atoms with Gasteiger partial charge in [-0.2, -0.15) is 13.2 Å². The molecule has 1 aromatic carbocycles. The highest BCUT2D eigenvalue weighted by atomic mass is 35.5. The smallest absolute Gasteiger partial charge is 0.382 e. The SMILES string of the molecule is FC(F)(F)c1cc(Cl)ccc1NC1CCOC2(CCC2)C1. The maximum absolute atomic E-state index is 13.1. The van der Waals surface area contributed by atoms with Crippen molar-refractivity contribution in [2.75, 3.05) is 11.9 Å². The quantitative estimate of drug-likeness (QED) is 0.839. The fourth-order valence-electron chi connectivity index (χ4n) is 3.17. The van der Waals surface area contributed by atoms with Crippen LogP contribution in [-0.4, -0.2) is 18.2 Å². The van der Waals surface area contributed by atoms with Crippen LogP contribution < -0.4 is 5.32 Å². The molecular weight excluding hydrogens is 303 g/mol. The molecular formula is C15H17ClF3NO. The van der Waals surface area contributed by atoms with Gasteiger partial charge in [0.25, 0.3) is 0 Å². The van der Waals surface area contributed by atoms with Crippen LogP contribution in [0.25, 0.3) is 0 Å². The number of anilines is 1. The average molecular weight is 320 g/mol. The number of benzene rings is 1. The van der Waals surface area contributed by atoms with Gasteiger partial charge in [0, 0.05) is 23.4 Å². The molecule has 2 nitrogen and oxygen atoms in total. The van der Waals surface area contributed by atoms with Gasteiger partial charge >= 0.3 is 6.18 Å². The van der Waals surface area contributed by atoms with E-state index in [-0.39, 0.29) is 22.4 Å². The summed E-state index contributed by atoms with van der Waals surface area (Å²) < 4.78 is 45.1. The van der Waals surface area contributed by atoms with Crippen molar-refractivity contribution in [3.63, 3.8) is 0 Å². The maximum atomic E-state index is 13.1. The van der Waals surface area contributed by atoms with Gasteiger partial charge in [0.05, 0.1) is 11.2 Å². The third kappa shape index (κ3) is 3.14. The molecule has 2 fully saturated rings. The van der Waals surface area contributed by atoms with E-state index in [0.29, 0.717) is 6.61 Å². The number of alkyl halides is 3. The Morgan fingerprint density at radius 1 is 1.29 bits per heavy atom. The summed E-state index contributed by atoms with van der Waals surface area (Å²) in [7, 11) is 0. The predicted octanol–water partition coefficient (Wildman–Crippen LogP) is 4.87. The summed E-state index contributed by atoms with van der Waals surface area (Å²) >= 11 is 5.69. The second kappa shape index (κ2) is 5.36. The fourth-order valence-corrected chi connectivity index (χ4v) is 3.34. The average Bonchev–Trinajstić information content (AvgIpc) is 2.38. The molecule has 1 aliphatic heterocycles. The van der Waals surface area contributed by atoms with Crippen molar-refractivity contribution in [3.8, 4) is 0 Å². The molecule has 6 heteroatoms. The summed E-state index contributed by atoms with van der Waals surface area (Å²) in [6.07, 6.45) is 0.248. The Morgan fingerprint density at radius 2 is 2.05 bits per heavy atom. The van der Waals surface area contributed by atoms with Crippen LogP contribution in [0.1, 0.15) is 37.7 Å². The van der Waals surface area contributed by atoms with E-state index in [1.54, 1.807) is 0 Å². The third-order valence-electron chi connectivity index (χ3n) is 4.40. The van der Waals surface area contributed by atoms with Crippen molar-refractivity contribution in [2.24, 2.45) is 0 Å². The van der Waals surface area contributed by atoms with E-state index in [1.807, 2.05) is 0 Å². The Hall–Kier alpha value is -0.940. The zero-order valence-electron chi connectivity index (χ0n) is 11.5. The van der Waals surface area contributed by atoms with Gasteiger partial charge in [-0.1, -0.05) is 11.6 Å². The maximum Gasteiger partial charge on any atom is 0.418 e. The Bertz CT molecular complexity index is 528. The predicted molar refractivity (Wildman–Crippen MR) is 75.6 cm³/mol. The summed E-state index contributed by atoms with van der Waals surface area (Å²) in [6, 6.07) is 3.88. The topological polar surface area (TPSA) is 21.3 Å². The van der Waals surface area contributed by atoms with Crippen LogP contribution in [0.3, 0.4) is 0 Å². The zero-order valence-corrected chi connectivity index (χ0v) is 12.2. The molecule has 3 rings (SSSR count). The minimum atomic E-state index is -4.41. The molecule has 1 atom stereocenters. The van der Waals surface area contributed by atoms with Crippen LogP contribution in [0, 0.1) is 0 Å². The van der Waals surface area contributed by atoms with Gasteiger partial charge in [0.2, 0.25) is 0 Å². The summed E-state index contributed by atoms with van der Waals surface area (Å²) in [5.41, 5.74) is -0.696. The van der Waals surface area contributed by atoms with E-state index >= 15 is 0 Å². The van der Waals surface area contributed by atoms with Gasteiger partial charge in [-0.25, -0.2) is 0 Å². The standard InChI is InChI=1S/C15H17ClF3NO/c16-10-2-3-13(12(8-10)15(17,18)19)20-11-4-7-21-14(9-11)5-1-6-14/h2-3,8,11,20H,1,4-7,9H2. The van der Waals surface area contributed by atoms with Gasteiger partial charge in [0.1, 0.15) is 0 Å². The number of hydrogen-bond acceptors (Lipinski definition) is 2. The first-order chi connectivity index (χ1) is 9.88. The van der Waals surface area contributed by atoms with Crippen LogP contribution in [-0.2, 0) is 10.9 Å². The van der Waals surface area contributed by atoms with Crippen molar-refractivity contribution in [3.05, 3.63) is 28.8 Å². The van der Waals surface area contributed by atoms with Crippen LogP contribution >= 0.6 is 11.6 Å². The number of rotatable bonds is 2. The lowest BCUT2D eigenvalue weighted by Crippen LogP contribution is -2.49. The third-order valence-corrected chi connectivity index (χ3v) is 4.64. The Balaban J connectivity index is 1.78. The molecule has 1 saturated carbocycles. The van der Waals surface area contributed by atoms with Gasteiger partial charge in [-0.05, 0) is 50.3 Å². The molecule has 1 N–H and O–H groups in total. The van der Waals surface area contributed by atoms with Gasteiger partial charge < -0.3 is 10.1 Å². The molecule has 1 unspecified atom stereocenters. The zero-order chi connectivity index (χ0) is 15.1. The highest BCUT2D eigenvalue weighted by molar-refractivity contribution is 6.30. The Kier molecular flexibility index (Phi) is 3.82. The minimum absolute atomic E-state index is 0.0151. The summed E-state index contributed by atoms with van der Waals surface area (Å²) in [5, 5.41) is 3.14. The molecule has 1 heterocycles. The van der Waals surface area contributed by atoms with Crippen molar-refractivity contribution < 1.29 is 17.9 Å². The van der Waals surface area contributed by atoms with E-state index < -0.39 is 11.7 Å². The normalized spacial score (nSPS) is 24.7. The van der Waals surface area contributed by atoms with Crippen molar-refractivity contribution >= 4 is 17.3 Å². The highest BCUT2D eigenvalue weighted by Gasteiger charge is 2.43. The number of nitrogens with one attached hydrogen (secondary N) is 1. The summed E-state index contributed by atoms with van der Waals surface area (Å²) in [6.45, 7) is 0.604. The molecule has 2 aliphatic rings. The molecule has 0 amide bonds. The van der Waals surface area contributed by atoms with Crippen LogP contribution in [0.2, 0.25) is 5.02 Å². The first-order valence-electron chi connectivity index (χ1n) is 7.15. The van der Waals surface area contributed by atoms with Gasteiger partial charge in [0.15, 0.2) is 0 Å². The lowest BCUT2D eigenvalue weighted by molar-refractivity contribution is -0.137. The molecule has 116 valence electrons. The molecule has 0 radical (unpaired) electrons. The molecule has 1 aliphatic carbocycles. The Morgan fingerprint density at radius 3 is 2.67 bits per heavy atom. The summed E-state index contributed by atoms with van der Waals surface area (Å²) in [5.74, 6) is 0. The first kappa shape index (κ1) is 15.0. The first-order valence-corrected chi connectivity index (χ1v) is 7.53. The Labute approximate surface area is 126 Å². The van der Waals surface area contributed by atoms with Crippen molar-refractivity contribution in [1.29, 1.82) is 0 Å². The van der Waals surface area contributed by atoms with E-state index in [4.69, 9.17) is 16.3 Å². The molecule has 0 bridgehead atoms. The molecule has 1 saturated heterocycles.